The number of nitrogens with zero attached hydrogens (tertiary/aromatic N) is 2. The van der Waals surface area contributed by atoms with Gasteiger partial charge < -0.3 is 15.2 Å². The molecule has 8 nitrogen and oxygen atoms in total. The van der Waals surface area contributed by atoms with Crippen molar-refractivity contribution >= 4 is 34.6 Å². The number of fused-ring (bicyclic) bond motifs is 1. The van der Waals surface area contributed by atoms with Gasteiger partial charge in [0.1, 0.15) is 17.6 Å². The van der Waals surface area contributed by atoms with Crippen molar-refractivity contribution in [2.75, 3.05) is 12.5 Å². The van der Waals surface area contributed by atoms with E-state index in [9.17, 15) is 14.7 Å². The molecule has 136 valence electrons. The monoisotopic (exact) mass is 377 g/mol. The highest BCUT2D eigenvalue weighted by Gasteiger charge is 2.38. The summed E-state index contributed by atoms with van der Waals surface area (Å²) in [5.74, 6) is -2.53. The van der Waals surface area contributed by atoms with Crippen molar-refractivity contribution in [1.82, 2.24) is 15.6 Å². The molecular formula is C17H16ClN3O5. The third-order valence-corrected chi connectivity index (χ3v) is 4.30. The molecule has 2 aromatic rings. The van der Waals surface area contributed by atoms with Crippen molar-refractivity contribution in [3.05, 3.63) is 46.3 Å². The average Bonchev–Trinajstić information content (AvgIpc) is 3.07. The zero-order chi connectivity index (χ0) is 18.8. The number of allylic oxidation sites excluding steroid dienone is 2. The number of hydrogen-bond acceptors (Lipinski definition) is 7. The van der Waals surface area contributed by atoms with Gasteiger partial charge in [0.2, 0.25) is 0 Å². The van der Waals surface area contributed by atoms with E-state index < -0.39 is 17.9 Å². The Morgan fingerprint density at radius 3 is 2.69 bits per heavy atom. The van der Waals surface area contributed by atoms with Crippen LogP contribution in [-0.4, -0.2) is 39.8 Å². The van der Waals surface area contributed by atoms with Crippen molar-refractivity contribution in [2.45, 2.75) is 19.8 Å². The van der Waals surface area contributed by atoms with Crippen LogP contribution in [0.4, 0.5) is 0 Å². The third kappa shape index (κ3) is 3.03. The first kappa shape index (κ1) is 17.9. The van der Waals surface area contributed by atoms with Crippen LogP contribution in [-0.2, 0) is 14.3 Å². The second-order valence-corrected chi connectivity index (χ2v) is 6.12. The Hall–Kier alpha value is -2.87. The number of aromatic nitrogens is 2. The van der Waals surface area contributed by atoms with E-state index in [0.29, 0.717) is 28.0 Å². The maximum atomic E-state index is 12.6. The van der Waals surface area contributed by atoms with Crippen LogP contribution >= 0.6 is 11.6 Å². The summed E-state index contributed by atoms with van der Waals surface area (Å²) in [6.07, 6.45) is 0. The molecule has 0 fully saturated rings. The van der Waals surface area contributed by atoms with Crippen LogP contribution in [0.25, 0.3) is 11.0 Å². The van der Waals surface area contributed by atoms with Crippen molar-refractivity contribution in [1.29, 1.82) is 0 Å². The second-order valence-electron chi connectivity index (χ2n) is 5.74. The highest BCUT2D eigenvalue weighted by molar-refractivity contribution is 6.18. The molecule has 1 aromatic carbocycles. The van der Waals surface area contributed by atoms with Gasteiger partial charge in [0, 0.05) is 11.4 Å². The van der Waals surface area contributed by atoms with E-state index in [0.717, 1.165) is 0 Å². The zero-order valence-electron chi connectivity index (χ0n) is 14.1. The van der Waals surface area contributed by atoms with Gasteiger partial charge in [-0.2, -0.15) is 0 Å². The highest BCUT2D eigenvalue weighted by atomic mass is 35.5. The van der Waals surface area contributed by atoms with Gasteiger partial charge in [-0.3, -0.25) is 0 Å². The van der Waals surface area contributed by atoms with Crippen molar-refractivity contribution < 1.29 is 24.1 Å². The first-order chi connectivity index (χ1) is 12.5. The summed E-state index contributed by atoms with van der Waals surface area (Å²) in [5, 5.41) is 20.4. The molecule has 0 spiro atoms. The van der Waals surface area contributed by atoms with Crippen LogP contribution < -0.4 is 5.32 Å². The largest absolute Gasteiger partial charge is 0.478 e. The van der Waals surface area contributed by atoms with Gasteiger partial charge in [-0.25, -0.2) is 14.2 Å². The fourth-order valence-corrected chi connectivity index (χ4v) is 3.21. The number of benzene rings is 1. The minimum atomic E-state index is -1.15. The van der Waals surface area contributed by atoms with E-state index in [1.807, 2.05) is 0 Å². The first-order valence-electron chi connectivity index (χ1n) is 7.81. The van der Waals surface area contributed by atoms with Gasteiger partial charge >= 0.3 is 11.9 Å². The van der Waals surface area contributed by atoms with Crippen molar-refractivity contribution in [2.24, 2.45) is 0 Å². The third-order valence-electron chi connectivity index (χ3n) is 4.15. The van der Waals surface area contributed by atoms with Gasteiger partial charge in [-0.05, 0) is 35.8 Å². The number of halogens is 1. The normalized spacial score (nSPS) is 17.4. The maximum Gasteiger partial charge on any atom is 0.336 e. The fraction of sp³-hybridized carbons (Fsp3) is 0.294. The predicted octanol–water partition coefficient (Wildman–Crippen LogP) is 2.32. The Bertz CT molecular complexity index is 947. The van der Waals surface area contributed by atoms with E-state index in [2.05, 4.69) is 15.6 Å². The summed E-state index contributed by atoms with van der Waals surface area (Å²) in [4.78, 5) is 24.6. The van der Waals surface area contributed by atoms with Crippen LogP contribution in [0.15, 0.2) is 45.4 Å². The Balaban J connectivity index is 2.22. The molecule has 0 saturated heterocycles. The standard InChI is InChI=1S/C17H16ClN3O5/c1-8-12(16(22)23)14(10-4-3-5-11-15(10)21-26-20-11)13(9(2)19-8)17(24)25-7-6-18/h3-5,14,19H,6-7H2,1-2H3,(H,22,23). The minimum Gasteiger partial charge on any atom is -0.478 e. The number of ether oxygens (including phenoxy) is 1. The van der Waals surface area contributed by atoms with Gasteiger partial charge in [0.15, 0.2) is 0 Å². The predicted molar refractivity (Wildman–Crippen MR) is 92.4 cm³/mol. The molecule has 1 aromatic heterocycles. The number of aliphatic carboxylic acids is 1. The average molecular weight is 378 g/mol. The molecule has 1 unspecified atom stereocenters. The number of esters is 1. The van der Waals surface area contributed by atoms with Crippen LogP contribution in [0.1, 0.15) is 25.3 Å². The summed E-state index contributed by atoms with van der Waals surface area (Å²) < 4.78 is 9.94. The second kappa shape index (κ2) is 7.17. The molecule has 0 amide bonds. The van der Waals surface area contributed by atoms with Crippen LogP contribution in [0, 0.1) is 0 Å². The molecular weight excluding hydrogens is 362 g/mol. The van der Waals surface area contributed by atoms with Gasteiger partial charge in [-0.15, -0.1) is 11.6 Å². The number of hydrogen-bond donors (Lipinski definition) is 2. The summed E-state index contributed by atoms with van der Waals surface area (Å²) >= 11 is 5.60. The lowest BCUT2D eigenvalue weighted by atomic mass is 9.80. The zero-order valence-corrected chi connectivity index (χ0v) is 14.8. The smallest absolute Gasteiger partial charge is 0.336 e. The molecule has 2 heterocycles. The molecule has 1 aliphatic rings. The first-order valence-corrected chi connectivity index (χ1v) is 8.35. The lowest BCUT2D eigenvalue weighted by Crippen LogP contribution is -2.32. The topological polar surface area (TPSA) is 115 Å². The molecule has 9 heteroatoms. The highest BCUT2D eigenvalue weighted by Crippen LogP contribution is 2.40. The van der Waals surface area contributed by atoms with E-state index in [-0.39, 0.29) is 23.6 Å². The Kier molecular flexibility index (Phi) is 4.94. The summed E-state index contributed by atoms with van der Waals surface area (Å²) in [7, 11) is 0. The van der Waals surface area contributed by atoms with Crippen LogP contribution in [0.3, 0.4) is 0 Å². The number of carboxylic acids is 1. The van der Waals surface area contributed by atoms with E-state index in [1.54, 1.807) is 32.0 Å². The number of carbonyl (C=O) groups is 2. The number of dihydropyridines is 1. The summed E-state index contributed by atoms with van der Waals surface area (Å²) in [5.41, 5.74) is 2.51. The van der Waals surface area contributed by atoms with Crippen molar-refractivity contribution in [3.8, 4) is 0 Å². The van der Waals surface area contributed by atoms with Crippen molar-refractivity contribution in [3.63, 3.8) is 0 Å². The summed E-state index contributed by atoms with van der Waals surface area (Å²) in [6.45, 7) is 3.35. The molecule has 0 aliphatic carbocycles. The molecule has 3 rings (SSSR count). The Morgan fingerprint density at radius 1 is 1.27 bits per heavy atom. The molecule has 1 aliphatic heterocycles. The molecule has 0 saturated carbocycles. The molecule has 26 heavy (non-hydrogen) atoms. The molecule has 2 N–H and O–H groups in total. The van der Waals surface area contributed by atoms with Gasteiger partial charge in [0.25, 0.3) is 0 Å². The lowest BCUT2D eigenvalue weighted by Gasteiger charge is -2.29. The quantitative estimate of drug-likeness (QED) is 0.602. The van der Waals surface area contributed by atoms with Crippen LogP contribution in [0.2, 0.25) is 0 Å². The van der Waals surface area contributed by atoms with Gasteiger partial charge in [-0.1, -0.05) is 12.1 Å². The number of carbonyl (C=O) groups excluding carboxylic acids is 1. The lowest BCUT2D eigenvalue weighted by molar-refractivity contribution is -0.138. The van der Waals surface area contributed by atoms with Crippen LogP contribution in [0.5, 0.6) is 0 Å². The Morgan fingerprint density at radius 2 is 2.00 bits per heavy atom. The SMILES string of the molecule is CC1=C(C(=O)O)C(c2cccc3nonc23)C(C(=O)OCCCl)=C(C)N1. The number of rotatable bonds is 5. The van der Waals surface area contributed by atoms with Gasteiger partial charge in [0.05, 0.1) is 22.9 Å². The van der Waals surface area contributed by atoms with E-state index in [1.165, 1.54) is 0 Å². The Labute approximate surface area is 153 Å². The molecule has 1 atom stereocenters. The number of alkyl halides is 1. The fourth-order valence-electron chi connectivity index (χ4n) is 3.13. The van der Waals surface area contributed by atoms with E-state index in [4.69, 9.17) is 21.0 Å². The molecule has 0 bridgehead atoms. The number of nitrogens with one attached hydrogen (secondary N) is 1. The maximum absolute atomic E-state index is 12.6. The summed E-state index contributed by atoms with van der Waals surface area (Å²) in [6, 6.07) is 5.09. The number of carboxylic acid groups (broad SMARTS) is 1. The minimum absolute atomic E-state index is 0.0186. The van der Waals surface area contributed by atoms with E-state index >= 15 is 0 Å². The molecule has 0 radical (unpaired) electrons.